The molecule has 9 heteroatoms. The average Bonchev–Trinajstić information content (AvgIpc) is 2.66. The molecular weight excluding hydrogens is 358 g/mol. The number of aryl methyl sites for hydroxylation is 2. The minimum absolute atomic E-state index is 0.00198. The first kappa shape index (κ1) is 18.8. The number of amides is 2. The lowest BCUT2D eigenvalue weighted by atomic mass is 10.1. The topological polar surface area (TPSA) is 149 Å². The summed E-state index contributed by atoms with van der Waals surface area (Å²) in [6.07, 6.45) is 1.19. The number of nitrogens with zero attached hydrogens (tertiary/aromatic N) is 3. The average molecular weight is 377 g/mol. The van der Waals surface area contributed by atoms with Crippen molar-refractivity contribution in [1.82, 2.24) is 15.0 Å². The van der Waals surface area contributed by atoms with Crippen LogP contribution in [-0.4, -0.2) is 26.8 Å². The van der Waals surface area contributed by atoms with E-state index in [2.05, 4.69) is 25.6 Å². The maximum Gasteiger partial charge on any atom is 0.258 e. The van der Waals surface area contributed by atoms with Crippen molar-refractivity contribution in [3.63, 3.8) is 0 Å². The third-order valence-electron chi connectivity index (χ3n) is 4.11. The van der Waals surface area contributed by atoms with Gasteiger partial charge in [-0.15, -0.1) is 0 Å². The zero-order valence-electron chi connectivity index (χ0n) is 15.4. The van der Waals surface area contributed by atoms with Gasteiger partial charge in [0.25, 0.3) is 11.8 Å². The fourth-order valence-corrected chi connectivity index (χ4v) is 2.33. The van der Waals surface area contributed by atoms with Gasteiger partial charge in [-0.1, -0.05) is 12.1 Å². The normalized spacial score (nSPS) is 10.4. The van der Waals surface area contributed by atoms with Crippen molar-refractivity contribution in [2.45, 2.75) is 13.8 Å². The molecule has 28 heavy (non-hydrogen) atoms. The second kappa shape index (κ2) is 7.70. The van der Waals surface area contributed by atoms with E-state index in [1.54, 1.807) is 36.4 Å². The van der Waals surface area contributed by atoms with Crippen LogP contribution in [0.1, 0.15) is 31.8 Å². The Labute approximate surface area is 161 Å². The molecule has 0 aliphatic heterocycles. The molecule has 0 saturated carbocycles. The van der Waals surface area contributed by atoms with Crippen LogP contribution >= 0.6 is 0 Å². The van der Waals surface area contributed by atoms with Gasteiger partial charge in [0.1, 0.15) is 6.33 Å². The Bertz CT molecular complexity index is 985. The second-order valence-electron chi connectivity index (χ2n) is 6.18. The molecule has 0 atom stereocenters. The molecule has 0 fully saturated rings. The van der Waals surface area contributed by atoms with Crippen molar-refractivity contribution < 1.29 is 9.59 Å². The quantitative estimate of drug-likeness (QED) is 0.509. The summed E-state index contributed by atoms with van der Waals surface area (Å²) in [4.78, 5) is 36.5. The predicted molar refractivity (Wildman–Crippen MR) is 107 cm³/mol. The maximum absolute atomic E-state index is 12.3. The number of nitrogens with two attached hydrogens (primary N) is 2. The molecular formula is C19H19N7O2. The molecule has 2 amide bonds. The van der Waals surface area contributed by atoms with E-state index in [1.807, 2.05) is 13.8 Å². The highest BCUT2D eigenvalue weighted by Crippen LogP contribution is 2.15. The van der Waals surface area contributed by atoms with Gasteiger partial charge in [0.15, 0.2) is 0 Å². The van der Waals surface area contributed by atoms with E-state index in [1.165, 1.54) is 6.33 Å². The van der Waals surface area contributed by atoms with E-state index in [-0.39, 0.29) is 11.9 Å². The van der Waals surface area contributed by atoms with E-state index in [9.17, 15) is 9.59 Å². The summed E-state index contributed by atoms with van der Waals surface area (Å²) < 4.78 is 0. The second-order valence-corrected chi connectivity index (χ2v) is 6.18. The summed E-state index contributed by atoms with van der Waals surface area (Å²) in [5.74, 6) is -0.862. The molecule has 3 aromatic rings. The Morgan fingerprint density at radius 1 is 0.786 bits per heavy atom. The lowest BCUT2D eigenvalue weighted by molar-refractivity contribution is 0.101. The fraction of sp³-hybridized carbons (Fsp3) is 0.105. The molecule has 1 heterocycles. The van der Waals surface area contributed by atoms with Gasteiger partial charge in [-0.05, 0) is 49.2 Å². The number of anilines is 4. The molecule has 0 spiro atoms. The summed E-state index contributed by atoms with van der Waals surface area (Å²) in [6, 6.07) is 9.92. The van der Waals surface area contributed by atoms with Gasteiger partial charge in [-0.2, -0.15) is 4.98 Å². The lowest BCUT2D eigenvalue weighted by Gasteiger charge is -2.08. The Morgan fingerprint density at radius 3 is 1.61 bits per heavy atom. The van der Waals surface area contributed by atoms with Crippen molar-refractivity contribution in [2.75, 3.05) is 22.1 Å². The number of hydrogen-bond donors (Lipinski definition) is 4. The highest BCUT2D eigenvalue weighted by Gasteiger charge is 2.12. The molecule has 142 valence electrons. The largest absolute Gasteiger partial charge is 0.398 e. The molecule has 0 aliphatic rings. The number of carbonyl (C=O) groups is 2. The molecule has 0 unspecified atom stereocenters. The smallest absolute Gasteiger partial charge is 0.258 e. The highest BCUT2D eigenvalue weighted by atomic mass is 16.2. The lowest BCUT2D eigenvalue weighted by Crippen LogP contribution is -2.18. The van der Waals surface area contributed by atoms with Crippen LogP contribution in [0, 0.1) is 13.8 Å². The SMILES string of the molecule is Cc1ccc(C(=O)Nc2ncnc(NC(=O)c3ccc(C)c(N)c3)n2)cc1N. The Balaban J connectivity index is 1.72. The van der Waals surface area contributed by atoms with Crippen molar-refractivity contribution in [1.29, 1.82) is 0 Å². The van der Waals surface area contributed by atoms with Crippen LogP contribution < -0.4 is 22.1 Å². The summed E-state index contributed by atoms with van der Waals surface area (Å²) in [5, 5.41) is 5.09. The van der Waals surface area contributed by atoms with Gasteiger partial charge < -0.3 is 11.5 Å². The first-order valence-corrected chi connectivity index (χ1v) is 8.37. The van der Waals surface area contributed by atoms with Crippen molar-refractivity contribution in [3.8, 4) is 0 Å². The zero-order chi connectivity index (χ0) is 20.3. The first-order valence-electron chi connectivity index (χ1n) is 8.37. The molecule has 0 saturated heterocycles. The first-order chi connectivity index (χ1) is 13.3. The molecule has 0 bridgehead atoms. The number of aromatic nitrogens is 3. The van der Waals surface area contributed by atoms with Crippen molar-refractivity contribution in [3.05, 3.63) is 65.0 Å². The van der Waals surface area contributed by atoms with Crippen LogP contribution in [-0.2, 0) is 0 Å². The molecule has 9 nitrogen and oxygen atoms in total. The summed E-state index contributed by atoms with van der Waals surface area (Å²) in [7, 11) is 0. The molecule has 1 aromatic heterocycles. The van der Waals surface area contributed by atoms with Gasteiger partial charge in [-0.25, -0.2) is 9.97 Å². The van der Waals surface area contributed by atoms with E-state index in [0.29, 0.717) is 22.5 Å². The summed E-state index contributed by atoms with van der Waals surface area (Å²) >= 11 is 0. The van der Waals surface area contributed by atoms with Crippen LogP contribution in [0.5, 0.6) is 0 Å². The minimum atomic E-state index is -0.429. The van der Waals surface area contributed by atoms with Crippen LogP contribution in [0.15, 0.2) is 42.7 Å². The number of nitrogen functional groups attached to an aromatic ring is 2. The van der Waals surface area contributed by atoms with Gasteiger partial charge in [0.05, 0.1) is 0 Å². The van der Waals surface area contributed by atoms with E-state index < -0.39 is 11.8 Å². The van der Waals surface area contributed by atoms with E-state index in [4.69, 9.17) is 11.5 Å². The number of hydrogen-bond acceptors (Lipinski definition) is 7. The maximum atomic E-state index is 12.3. The molecule has 2 aromatic carbocycles. The molecule has 6 N–H and O–H groups in total. The summed E-state index contributed by atoms with van der Waals surface area (Å²) in [5.41, 5.74) is 15.1. The standard InChI is InChI=1S/C19H19N7O2/c1-10-3-5-12(7-14(10)20)16(27)24-18-22-9-23-19(26-18)25-17(28)13-6-4-11(2)15(21)8-13/h3-9H,20-21H2,1-2H3,(H2,22,23,24,25,26,27,28). The Hall–Kier alpha value is -4.01. The van der Waals surface area contributed by atoms with Crippen molar-refractivity contribution >= 4 is 35.1 Å². The number of benzene rings is 2. The molecule has 3 rings (SSSR count). The number of rotatable bonds is 4. The zero-order valence-corrected chi connectivity index (χ0v) is 15.4. The van der Waals surface area contributed by atoms with Gasteiger partial charge >= 0.3 is 0 Å². The van der Waals surface area contributed by atoms with Gasteiger partial charge in [0, 0.05) is 22.5 Å². The fourth-order valence-electron chi connectivity index (χ4n) is 2.33. The minimum Gasteiger partial charge on any atom is -0.398 e. The van der Waals surface area contributed by atoms with Crippen molar-refractivity contribution in [2.24, 2.45) is 0 Å². The number of carbonyl (C=O) groups excluding carboxylic acids is 2. The summed E-state index contributed by atoms with van der Waals surface area (Å²) in [6.45, 7) is 3.69. The van der Waals surface area contributed by atoms with Crippen LogP contribution in [0.3, 0.4) is 0 Å². The highest BCUT2D eigenvalue weighted by molar-refractivity contribution is 6.05. The monoisotopic (exact) mass is 377 g/mol. The molecule has 0 radical (unpaired) electrons. The predicted octanol–water partition coefficient (Wildman–Crippen LogP) is 2.16. The van der Waals surface area contributed by atoms with Crippen LogP contribution in [0.2, 0.25) is 0 Å². The Morgan fingerprint density at radius 2 is 1.21 bits per heavy atom. The van der Waals surface area contributed by atoms with Crippen LogP contribution in [0.4, 0.5) is 23.3 Å². The molecule has 0 aliphatic carbocycles. The van der Waals surface area contributed by atoms with Gasteiger partial charge in [0.2, 0.25) is 11.9 Å². The van der Waals surface area contributed by atoms with E-state index >= 15 is 0 Å². The van der Waals surface area contributed by atoms with E-state index in [0.717, 1.165) is 11.1 Å². The third kappa shape index (κ3) is 4.21. The third-order valence-corrected chi connectivity index (χ3v) is 4.11. The van der Waals surface area contributed by atoms with Gasteiger partial charge in [-0.3, -0.25) is 20.2 Å². The number of nitrogens with one attached hydrogen (secondary N) is 2. The Kier molecular flexibility index (Phi) is 5.16. The van der Waals surface area contributed by atoms with Crippen LogP contribution in [0.25, 0.3) is 0 Å².